The number of nitrogens with one attached hydrogen (secondary N) is 1. The van der Waals surface area contributed by atoms with Gasteiger partial charge in [-0.3, -0.25) is 0 Å². The average Bonchev–Trinajstić information content (AvgIpc) is 2.22. The Kier molecular flexibility index (Phi) is 2.54. The van der Waals surface area contributed by atoms with Gasteiger partial charge in [0.25, 0.3) is 0 Å². The van der Waals surface area contributed by atoms with Gasteiger partial charge in [0.2, 0.25) is 0 Å². The van der Waals surface area contributed by atoms with Crippen molar-refractivity contribution in [2.24, 2.45) is 11.3 Å². The number of hydrogen-bond acceptors (Lipinski definition) is 3. The van der Waals surface area contributed by atoms with Crippen molar-refractivity contribution in [1.29, 1.82) is 0 Å². The van der Waals surface area contributed by atoms with E-state index >= 15 is 0 Å². The maximum Gasteiger partial charge on any atom is 0.0684 e. The number of hydrogen-bond donors (Lipinski definition) is 2. The molecule has 3 fully saturated rings. The van der Waals surface area contributed by atoms with Crippen molar-refractivity contribution in [2.45, 2.75) is 63.8 Å². The molecule has 1 aliphatic heterocycles. The fourth-order valence-electron chi connectivity index (χ4n) is 3.84. The highest BCUT2D eigenvalue weighted by Gasteiger charge is 2.58. The molecule has 0 aromatic rings. The zero-order valence-corrected chi connectivity index (χ0v) is 10.3. The molecule has 0 amide bonds. The van der Waals surface area contributed by atoms with E-state index in [0.717, 1.165) is 19.4 Å². The van der Waals surface area contributed by atoms with E-state index in [4.69, 9.17) is 4.74 Å². The van der Waals surface area contributed by atoms with Crippen molar-refractivity contribution >= 4 is 0 Å². The smallest absolute Gasteiger partial charge is 0.0684 e. The van der Waals surface area contributed by atoms with Crippen LogP contribution in [-0.2, 0) is 4.74 Å². The first-order valence-electron chi connectivity index (χ1n) is 6.65. The summed E-state index contributed by atoms with van der Waals surface area (Å²) in [5.41, 5.74) is 0.269. The largest absolute Gasteiger partial charge is 0.393 e. The van der Waals surface area contributed by atoms with Crippen molar-refractivity contribution in [1.82, 2.24) is 5.32 Å². The van der Waals surface area contributed by atoms with Crippen LogP contribution in [0.4, 0.5) is 0 Å². The minimum Gasteiger partial charge on any atom is -0.393 e. The molecule has 0 radical (unpaired) electrons. The fraction of sp³-hybridized carbons (Fsp3) is 1.00. The maximum atomic E-state index is 9.32. The molecule has 1 heterocycles. The standard InChI is InChI=1S/C13H23NO2/c1-13(2)11(14-8-6-9(15)7-8)10-4-3-5-16-12(10)13/h8-12,14-15H,3-7H2,1-2H3. The van der Waals surface area contributed by atoms with Crippen LogP contribution in [0.15, 0.2) is 0 Å². The second-order valence-electron chi connectivity index (χ2n) is 6.39. The van der Waals surface area contributed by atoms with E-state index in [1.165, 1.54) is 12.8 Å². The SMILES string of the molecule is CC1(C)C(NC2CC(O)C2)C2CCCOC21. The fourth-order valence-corrected chi connectivity index (χ4v) is 3.84. The Labute approximate surface area is 97.6 Å². The van der Waals surface area contributed by atoms with Crippen molar-refractivity contribution in [3.8, 4) is 0 Å². The molecule has 2 aliphatic carbocycles. The topological polar surface area (TPSA) is 41.5 Å². The summed E-state index contributed by atoms with van der Waals surface area (Å²) in [5, 5.41) is 13.1. The molecule has 3 rings (SSSR count). The highest BCUT2D eigenvalue weighted by atomic mass is 16.5. The van der Waals surface area contributed by atoms with Crippen molar-refractivity contribution < 1.29 is 9.84 Å². The van der Waals surface area contributed by atoms with Gasteiger partial charge in [0, 0.05) is 30.0 Å². The molecular weight excluding hydrogens is 202 g/mol. The summed E-state index contributed by atoms with van der Waals surface area (Å²) in [6.45, 7) is 5.57. The normalized spacial score (nSPS) is 50.1. The third-order valence-electron chi connectivity index (χ3n) is 4.86. The summed E-state index contributed by atoms with van der Waals surface area (Å²) >= 11 is 0. The molecule has 3 unspecified atom stereocenters. The van der Waals surface area contributed by atoms with Gasteiger partial charge < -0.3 is 15.2 Å². The van der Waals surface area contributed by atoms with E-state index in [1.54, 1.807) is 0 Å². The lowest BCUT2D eigenvalue weighted by Gasteiger charge is -2.61. The molecule has 3 atom stereocenters. The van der Waals surface area contributed by atoms with Gasteiger partial charge in [0.05, 0.1) is 12.2 Å². The van der Waals surface area contributed by atoms with Crippen molar-refractivity contribution in [2.75, 3.05) is 6.61 Å². The number of aliphatic hydroxyl groups excluding tert-OH is 1. The number of aliphatic hydroxyl groups is 1. The highest BCUT2D eigenvalue weighted by Crippen LogP contribution is 2.51. The predicted molar refractivity (Wildman–Crippen MR) is 62.2 cm³/mol. The molecular formula is C13H23NO2. The minimum absolute atomic E-state index is 0.0564. The number of rotatable bonds is 2. The first-order valence-corrected chi connectivity index (χ1v) is 6.65. The highest BCUT2D eigenvalue weighted by molar-refractivity contribution is 5.11. The summed E-state index contributed by atoms with van der Waals surface area (Å²) in [7, 11) is 0. The molecule has 0 aromatic carbocycles. The lowest BCUT2D eigenvalue weighted by atomic mass is 9.55. The number of fused-ring (bicyclic) bond motifs is 1. The molecule has 3 heteroatoms. The van der Waals surface area contributed by atoms with Crippen molar-refractivity contribution in [3.63, 3.8) is 0 Å². The van der Waals surface area contributed by atoms with Crippen LogP contribution in [0.3, 0.4) is 0 Å². The van der Waals surface area contributed by atoms with E-state index in [1.807, 2.05) is 0 Å². The van der Waals surface area contributed by atoms with Crippen LogP contribution in [0.5, 0.6) is 0 Å². The summed E-state index contributed by atoms with van der Waals surface area (Å²) in [5.74, 6) is 0.710. The quantitative estimate of drug-likeness (QED) is 0.744. The van der Waals surface area contributed by atoms with E-state index in [2.05, 4.69) is 19.2 Å². The van der Waals surface area contributed by atoms with Crippen LogP contribution in [-0.4, -0.2) is 36.0 Å². The van der Waals surface area contributed by atoms with E-state index in [0.29, 0.717) is 24.1 Å². The number of ether oxygens (including phenoxy) is 1. The lowest BCUT2D eigenvalue weighted by molar-refractivity contribution is -0.197. The zero-order valence-electron chi connectivity index (χ0n) is 10.3. The maximum absolute atomic E-state index is 9.32. The summed E-state index contributed by atoms with van der Waals surface area (Å²) in [6.07, 6.45) is 4.79. The van der Waals surface area contributed by atoms with Gasteiger partial charge in [-0.25, -0.2) is 0 Å². The average molecular weight is 225 g/mol. The van der Waals surface area contributed by atoms with Crippen LogP contribution in [0, 0.1) is 11.3 Å². The molecule has 2 N–H and O–H groups in total. The van der Waals surface area contributed by atoms with Gasteiger partial charge in [-0.1, -0.05) is 13.8 Å². The van der Waals surface area contributed by atoms with Gasteiger partial charge in [0.15, 0.2) is 0 Å². The van der Waals surface area contributed by atoms with E-state index in [9.17, 15) is 5.11 Å². The molecule has 0 spiro atoms. The molecule has 3 nitrogen and oxygen atoms in total. The van der Waals surface area contributed by atoms with Crippen LogP contribution in [0.1, 0.15) is 39.5 Å². The summed E-state index contributed by atoms with van der Waals surface area (Å²) in [4.78, 5) is 0. The predicted octanol–water partition coefficient (Wildman–Crippen LogP) is 1.30. The second-order valence-corrected chi connectivity index (χ2v) is 6.39. The molecule has 16 heavy (non-hydrogen) atoms. The molecule has 0 bridgehead atoms. The van der Waals surface area contributed by atoms with Gasteiger partial charge in [-0.15, -0.1) is 0 Å². The third-order valence-corrected chi connectivity index (χ3v) is 4.86. The first-order chi connectivity index (χ1) is 7.59. The molecule has 2 saturated carbocycles. The Hall–Kier alpha value is -0.120. The van der Waals surface area contributed by atoms with E-state index in [-0.39, 0.29) is 11.5 Å². The Morgan fingerprint density at radius 3 is 2.75 bits per heavy atom. The molecule has 3 aliphatic rings. The Balaban J connectivity index is 1.61. The van der Waals surface area contributed by atoms with Gasteiger partial charge in [-0.05, 0) is 25.7 Å². The van der Waals surface area contributed by atoms with Gasteiger partial charge >= 0.3 is 0 Å². The second kappa shape index (κ2) is 3.69. The monoisotopic (exact) mass is 225 g/mol. The van der Waals surface area contributed by atoms with Crippen LogP contribution in [0.2, 0.25) is 0 Å². The van der Waals surface area contributed by atoms with Crippen LogP contribution in [0.25, 0.3) is 0 Å². The zero-order chi connectivity index (χ0) is 11.3. The lowest BCUT2D eigenvalue weighted by Crippen LogP contribution is -2.71. The Morgan fingerprint density at radius 1 is 1.31 bits per heavy atom. The molecule has 0 aromatic heterocycles. The van der Waals surface area contributed by atoms with Crippen molar-refractivity contribution in [3.05, 3.63) is 0 Å². The van der Waals surface area contributed by atoms with Gasteiger partial charge in [0.1, 0.15) is 0 Å². The van der Waals surface area contributed by atoms with Crippen LogP contribution >= 0.6 is 0 Å². The minimum atomic E-state index is -0.0564. The molecule has 92 valence electrons. The summed E-state index contributed by atoms with van der Waals surface area (Å²) in [6, 6.07) is 1.14. The van der Waals surface area contributed by atoms with Gasteiger partial charge in [-0.2, -0.15) is 0 Å². The molecule has 1 saturated heterocycles. The van der Waals surface area contributed by atoms with Crippen LogP contribution < -0.4 is 5.32 Å². The first kappa shape index (κ1) is 11.0. The third kappa shape index (κ3) is 1.52. The Bertz CT molecular complexity index is 273. The Morgan fingerprint density at radius 2 is 2.06 bits per heavy atom. The van der Waals surface area contributed by atoms with E-state index < -0.39 is 0 Å². The summed E-state index contributed by atoms with van der Waals surface area (Å²) < 4.78 is 5.89.